The maximum Gasteiger partial charge on any atom is 0.0741 e. The van der Waals surface area contributed by atoms with E-state index in [1.54, 1.807) is 0 Å². The Balaban J connectivity index is 1.98. The summed E-state index contributed by atoms with van der Waals surface area (Å²) in [6, 6.07) is 16.4. The zero-order valence-electron chi connectivity index (χ0n) is 11.5. The lowest BCUT2D eigenvalue weighted by molar-refractivity contribution is 0.171. The van der Waals surface area contributed by atoms with E-state index in [-0.39, 0.29) is 6.10 Å². The number of fused-ring (bicyclic) bond motifs is 1. The highest BCUT2D eigenvalue weighted by Gasteiger charge is 2.07. The van der Waals surface area contributed by atoms with Gasteiger partial charge in [-0.05, 0) is 42.7 Å². The van der Waals surface area contributed by atoms with E-state index in [0.717, 1.165) is 28.6 Å². The average molecular weight is 266 g/mol. The van der Waals surface area contributed by atoms with E-state index in [1.165, 1.54) is 0 Å². The number of hydrogen-bond acceptors (Lipinski definition) is 2. The van der Waals surface area contributed by atoms with Crippen molar-refractivity contribution in [1.29, 1.82) is 0 Å². The van der Waals surface area contributed by atoms with Crippen molar-refractivity contribution in [1.82, 2.24) is 9.78 Å². The van der Waals surface area contributed by atoms with E-state index >= 15 is 0 Å². The third-order valence-corrected chi connectivity index (χ3v) is 3.58. The van der Waals surface area contributed by atoms with Crippen LogP contribution in [0.5, 0.6) is 0 Å². The van der Waals surface area contributed by atoms with Gasteiger partial charge < -0.3 is 5.11 Å². The first-order valence-electron chi connectivity index (χ1n) is 6.98. The van der Waals surface area contributed by atoms with Crippen LogP contribution in [0.1, 0.15) is 18.9 Å². The Hall–Kier alpha value is -2.13. The summed E-state index contributed by atoms with van der Waals surface area (Å²) in [6.07, 6.45) is 3.09. The van der Waals surface area contributed by atoms with Crippen LogP contribution >= 0.6 is 0 Å². The summed E-state index contributed by atoms with van der Waals surface area (Å²) in [7, 11) is 0. The molecule has 3 heteroatoms. The monoisotopic (exact) mass is 266 g/mol. The molecule has 3 rings (SSSR count). The van der Waals surface area contributed by atoms with Gasteiger partial charge in [-0.1, -0.05) is 31.2 Å². The van der Waals surface area contributed by atoms with Gasteiger partial charge in [0.25, 0.3) is 0 Å². The van der Waals surface area contributed by atoms with E-state index in [1.807, 2.05) is 48.1 Å². The van der Waals surface area contributed by atoms with E-state index < -0.39 is 0 Å². The van der Waals surface area contributed by atoms with Gasteiger partial charge in [0.1, 0.15) is 0 Å². The molecule has 0 fully saturated rings. The first-order valence-corrected chi connectivity index (χ1v) is 6.98. The molecule has 3 aromatic rings. The van der Waals surface area contributed by atoms with Gasteiger partial charge in [0, 0.05) is 5.39 Å². The van der Waals surface area contributed by atoms with Crippen molar-refractivity contribution in [3.05, 3.63) is 60.3 Å². The maximum absolute atomic E-state index is 9.75. The molecule has 1 heterocycles. The Morgan fingerprint density at radius 1 is 1.15 bits per heavy atom. The molecule has 0 aliphatic heterocycles. The molecule has 20 heavy (non-hydrogen) atoms. The largest absolute Gasteiger partial charge is 0.393 e. The number of rotatable bonds is 4. The van der Waals surface area contributed by atoms with Crippen molar-refractivity contribution in [2.24, 2.45) is 0 Å². The van der Waals surface area contributed by atoms with Gasteiger partial charge in [0.15, 0.2) is 0 Å². The number of aromatic nitrogens is 2. The van der Waals surface area contributed by atoms with Crippen molar-refractivity contribution in [3.63, 3.8) is 0 Å². The molecule has 1 atom stereocenters. The SMILES string of the molecule is CCC(O)Cc1ccc2c(cnn2-c2ccccc2)c1. The first kappa shape index (κ1) is 12.9. The van der Waals surface area contributed by atoms with E-state index in [9.17, 15) is 5.11 Å². The lowest BCUT2D eigenvalue weighted by Crippen LogP contribution is -2.08. The third-order valence-electron chi connectivity index (χ3n) is 3.58. The minimum absolute atomic E-state index is 0.267. The van der Waals surface area contributed by atoms with Crippen molar-refractivity contribution in [3.8, 4) is 5.69 Å². The van der Waals surface area contributed by atoms with Crippen LogP contribution in [-0.2, 0) is 6.42 Å². The Labute approximate surface area is 118 Å². The molecular weight excluding hydrogens is 248 g/mol. The summed E-state index contributed by atoms with van der Waals surface area (Å²) in [4.78, 5) is 0. The van der Waals surface area contributed by atoms with E-state index in [4.69, 9.17) is 0 Å². The molecule has 0 bridgehead atoms. The van der Waals surface area contributed by atoms with Crippen LogP contribution in [0, 0.1) is 0 Å². The van der Waals surface area contributed by atoms with Crippen molar-refractivity contribution in [2.75, 3.05) is 0 Å². The van der Waals surface area contributed by atoms with Gasteiger partial charge >= 0.3 is 0 Å². The van der Waals surface area contributed by atoms with Gasteiger partial charge in [0.2, 0.25) is 0 Å². The average Bonchev–Trinajstić information content (AvgIpc) is 2.91. The molecule has 1 unspecified atom stereocenters. The topological polar surface area (TPSA) is 38.1 Å². The number of nitrogens with zero attached hydrogens (tertiary/aromatic N) is 2. The molecule has 0 saturated heterocycles. The van der Waals surface area contributed by atoms with Crippen molar-refractivity contribution in [2.45, 2.75) is 25.9 Å². The predicted octanol–water partition coefficient (Wildman–Crippen LogP) is 3.34. The van der Waals surface area contributed by atoms with Crippen LogP contribution in [0.3, 0.4) is 0 Å². The number of aliphatic hydroxyl groups excluding tert-OH is 1. The second kappa shape index (κ2) is 5.47. The zero-order valence-corrected chi connectivity index (χ0v) is 11.5. The zero-order chi connectivity index (χ0) is 13.9. The molecule has 2 aromatic carbocycles. The number of benzene rings is 2. The molecule has 0 amide bonds. The van der Waals surface area contributed by atoms with Crippen LogP contribution in [0.2, 0.25) is 0 Å². The minimum atomic E-state index is -0.267. The lowest BCUT2D eigenvalue weighted by atomic mass is 10.0. The van der Waals surface area contributed by atoms with Gasteiger partial charge in [-0.15, -0.1) is 0 Å². The molecule has 1 aromatic heterocycles. The Morgan fingerprint density at radius 3 is 2.70 bits per heavy atom. The maximum atomic E-state index is 9.75. The first-order chi connectivity index (χ1) is 9.78. The minimum Gasteiger partial charge on any atom is -0.393 e. The quantitative estimate of drug-likeness (QED) is 0.786. The highest BCUT2D eigenvalue weighted by atomic mass is 16.3. The van der Waals surface area contributed by atoms with Crippen LogP contribution in [0.25, 0.3) is 16.6 Å². The molecule has 0 spiro atoms. The van der Waals surface area contributed by atoms with E-state index in [0.29, 0.717) is 6.42 Å². The summed E-state index contributed by atoms with van der Waals surface area (Å²) in [5.41, 5.74) is 3.30. The molecular formula is C17H18N2O. The van der Waals surface area contributed by atoms with Gasteiger partial charge in [-0.2, -0.15) is 5.10 Å². The van der Waals surface area contributed by atoms with Crippen LogP contribution in [0.4, 0.5) is 0 Å². The number of para-hydroxylation sites is 1. The summed E-state index contributed by atoms with van der Waals surface area (Å²) in [5.74, 6) is 0. The summed E-state index contributed by atoms with van der Waals surface area (Å²) in [5, 5.41) is 15.3. The number of hydrogen-bond donors (Lipinski definition) is 1. The molecule has 0 saturated carbocycles. The highest BCUT2D eigenvalue weighted by molar-refractivity contribution is 5.81. The summed E-state index contributed by atoms with van der Waals surface area (Å²) >= 11 is 0. The van der Waals surface area contributed by atoms with Crippen LogP contribution in [0.15, 0.2) is 54.7 Å². The lowest BCUT2D eigenvalue weighted by Gasteiger charge is -2.08. The second-order valence-corrected chi connectivity index (χ2v) is 5.05. The molecule has 0 aliphatic carbocycles. The summed E-state index contributed by atoms with van der Waals surface area (Å²) < 4.78 is 1.94. The van der Waals surface area contributed by atoms with E-state index in [2.05, 4.69) is 23.3 Å². The normalized spacial score (nSPS) is 12.7. The fraction of sp³-hybridized carbons (Fsp3) is 0.235. The number of aliphatic hydroxyl groups is 1. The van der Waals surface area contributed by atoms with Crippen molar-refractivity contribution < 1.29 is 5.11 Å². The van der Waals surface area contributed by atoms with Gasteiger partial charge in [-0.3, -0.25) is 0 Å². The van der Waals surface area contributed by atoms with Gasteiger partial charge in [0.05, 0.1) is 23.5 Å². The standard InChI is InChI=1S/C17H18N2O/c1-2-16(20)11-13-8-9-17-14(10-13)12-18-19(17)15-6-4-3-5-7-15/h3-10,12,16,20H,2,11H2,1H3. The molecule has 0 radical (unpaired) electrons. The smallest absolute Gasteiger partial charge is 0.0741 e. The molecule has 102 valence electrons. The fourth-order valence-electron chi connectivity index (χ4n) is 2.40. The highest BCUT2D eigenvalue weighted by Crippen LogP contribution is 2.20. The Morgan fingerprint density at radius 2 is 1.95 bits per heavy atom. The molecule has 0 aliphatic rings. The van der Waals surface area contributed by atoms with Crippen molar-refractivity contribution >= 4 is 10.9 Å². The molecule has 1 N–H and O–H groups in total. The van der Waals surface area contributed by atoms with Crippen LogP contribution < -0.4 is 0 Å². The molecule has 3 nitrogen and oxygen atoms in total. The van der Waals surface area contributed by atoms with Crippen LogP contribution in [-0.4, -0.2) is 21.0 Å². The fourth-order valence-corrected chi connectivity index (χ4v) is 2.40. The Bertz CT molecular complexity index is 703. The Kier molecular flexibility index (Phi) is 3.52. The second-order valence-electron chi connectivity index (χ2n) is 5.05. The van der Waals surface area contributed by atoms with Gasteiger partial charge in [-0.25, -0.2) is 4.68 Å². The third kappa shape index (κ3) is 2.45. The summed E-state index contributed by atoms with van der Waals surface area (Å²) in [6.45, 7) is 2.00. The predicted molar refractivity (Wildman–Crippen MR) is 81.1 cm³/mol.